The fourth-order valence-electron chi connectivity index (χ4n) is 3.33. The van der Waals surface area contributed by atoms with Crippen LogP contribution in [0.4, 0.5) is 0 Å². The van der Waals surface area contributed by atoms with Crippen LogP contribution < -0.4 is 22.1 Å². The van der Waals surface area contributed by atoms with Gasteiger partial charge in [-0.2, -0.15) is 0 Å². The number of morpholine rings is 2. The van der Waals surface area contributed by atoms with Gasteiger partial charge in [0.05, 0.1) is 38.5 Å². The van der Waals surface area contributed by atoms with E-state index in [0.717, 1.165) is 78.5 Å². The van der Waals surface area contributed by atoms with Crippen molar-refractivity contribution in [1.82, 2.24) is 20.4 Å². The number of nitrogens with zero attached hydrogens (tertiary/aromatic N) is 2. The zero-order chi connectivity index (χ0) is 23.0. The van der Waals surface area contributed by atoms with Crippen molar-refractivity contribution in [3.63, 3.8) is 0 Å². The normalized spacial score (nSPS) is 19.9. The van der Waals surface area contributed by atoms with Gasteiger partial charge in [-0.25, -0.2) is 0 Å². The van der Waals surface area contributed by atoms with E-state index in [1.54, 1.807) is 0 Å². The van der Waals surface area contributed by atoms with Gasteiger partial charge in [0.1, 0.15) is 0 Å². The number of rotatable bonds is 15. The summed E-state index contributed by atoms with van der Waals surface area (Å²) in [6.45, 7) is 10.1. The zero-order valence-electron chi connectivity index (χ0n) is 19.0. The zero-order valence-corrected chi connectivity index (χ0v) is 20.6. The Balaban J connectivity index is 1.42. The highest BCUT2D eigenvalue weighted by Gasteiger charge is 2.17. The van der Waals surface area contributed by atoms with Gasteiger partial charge in [-0.3, -0.25) is 19.4 Å². The first-order valence-corrected chi connectivity index (χ1v) is 14.0. The molecule has 0 spiro atoms. The predicted molar refractivity (Wildman–Crippen MR) is 131 cm³/mol. The van der Waals surface area contributed by atoms with Gasteiger partial charge in [0.15, 0.2) is 0 Å². The molecule has 2 saturated heterocycles. The van der Waals surface area contributed by atoms with Crippen molar-refractivity contribution in [3.8, 4) is 0 Å². The number of ether oxygens (including phenoxy) is 2. The monoisotopic (exact) mass is 492 g/mol. The Kier molecular flexibility index (Phi) is 14.6. The van der Waals surface area contributed by atoms with Crippen LogP contribution in [0.25, 0.3) is 0 Å². The van der Waals surface area contributed by atoms with Crippen molar-refractivity contribution in [2.24, 2.45) is 11.5 Å². The van der Waals surface area contributed by atoms with E-state index in [0.29, 0.717) is 24.6 Å². The number of carbonyl (C=O) groups is 2. The van der Waals surface area contributed by atoms with E-state index in [-0.39, 0.29) is 11.8 Å². The molecule has 2 heterocycles. The Morgan fingerprint density at radius 2 is 1.12 bits per heavy atom. The van der Waals surface area contributed by atoms with E-state index < -0.39 is 12.1 Å². The topological polar surface area (TPSA) is 135 Å². The molecule has 2 aliphatic rings. The molecule has 0 bridgehead atoms. The van der Waals surface area contributed by atoms with Gasteiger partial charge in [-0.1, -0.05) is 21.6 Å². The van der Waals surface area contributed by atoms with Crippen LogP contribution >= 0.6 is 21.6 Å². The predicted octanol–water partition coefficient (Wildman–Crippen LogP) is -1.30. The summed E-state index contributed by atoms with van der Waals surface area (Å²) in [5, 5.41) is 5.80. The third-order valence-electron chi connectivity index (χ3n) is 5.36. The lowest BCUT2D eigenvalue weighted by atomic mass is 10.3. The van der Waals surface area contributed by atoms with Crippen LogP contribution in [0, 0.1) is 0 Å². The average molecular weight is 493 g/mol. The van der Waals surface area contributed by atoms with E-state index in [1.165, 1.54) is 21.6 Å². The first-order chi connectivity index (χ1) is 15.6. The molecule has 0 saturated carbocycles. The van der Waals surface area contributed by atoms with Gasteiger partial charge in [0.2, 0.25) is 11.8 Å². The Labute approximate surface area is 199 Å². The van der Waals surface area contributed by atoms with Crippen LogP contribution in [-0.4, -0.2) is 124 Å². The summed E-state index contributed by atoms with van der Waals surface area (Å²) >= 11 is 0. The third kappa shape index (κ3) is 12.0. The van der Waals surface area contributed by atoms with Crippen LogP contribution in [0.5, 0.6) is 0 Å². The molecular formula is C20H40N6O4S2. The van der Waals surface area contributed by atoms with E-state index in [4.69, 9.17) is 20.9 Å². The lowest BCUT2D eigenvalue weighted by Crippen LogP contribution is -2.44. The third-order valence-corrected chi connectivity index (χ3v) is 7.83. The number of nitrogens with two attached hydrogens (primary N) is 2. The van der Waals surface area contributed by atoms with Gasteiger partial charge in [-0.05, 0) is 25.9 Å². The molecule has 2 aliphatic heterocycles. The fourth-order valence-corrected chi connectivity index (χ4v) is 5.58. The first-order valence-electron chi connectivity index (χ1n) is 11.5. The largest absolute Gasteiger partial charge is 0.379 e. The molecule has 0 aromatic carbocycles. The summed E-state index contributed by atoms with van der Waals surface area (Å²) in [5.41, 5.74) is 11.9. The summed E-state index contributed by atoms with van der Waals surface area (Å²) < 4.78 is 10.7. The summed E-state index contributed by atoms with van der Waals surface area (Å²) in [7, 11) is 2.95. The van der Waals surface area contributed by atoms with Crippen LogP contribution in [0.2, 0.25) is 0 Å². The van der Waals surface area contributed by atoms with Gasteiger partial charge < -0.3 is 31.6 Å². The van der Waals surface area contributed by atoms with E-state index in [2.05, 4.69) is 20.4 Å². The van der Waals surface area contributed by atoms with Crippen molar-refractivity contribution in [2.75, 3.05) is 90.3 Å². The average Bonchev–Trinajstić information content (AvgIpc) is 2.83. The molecule has 10 nitrogen and oxygen atoms in total. The summed E-state index contributed by atoms with van der Waals surface area (Å²) in [4.78, 5) is 28.9. The smallest absolute Gasteiger partial charge is 0.237 e. The molecule has 6 N–H and O–H groups in total. The van der Waals surface area contributed by atoms with Crippen molar-refractivity contribution < 1.29 is 19.1 Å². The van der Waals surface area contributed by atoms with Crippen LogP contribution in [0.15, 0.2) is 0 Å². The van der Waals surface area contributed by atoms with Gasteiger partial charge >= 0.3 is 0 Å². The number of carbonyl (C=O) groups excluding carboxylic acids is 2. The number of nitrogens with one attached hydrogen (secondary N) is 2. The second kappa shape index (κ2) is 16.9. The van der Waals surface area contributed by atoms with E-state index in [1.807, 2.05) is 0 Å². The van der Waals surface area contributed by atoms with Crippen molar-refractivity contribution >= 4 is 33.4 Å². The van der Waals surface area contributed by atoms with Crippen molar-refractivity contribution in [2.45, 2.75) is 24.9 Å². The van der Waals surface area contributed by atoms with Crippen LogP contribution in [-0.2, 0) is 19.1 Å². The fraction of sp³-hybridized carbons (Fsp3) is 0.900. The highest BCUT2D eigenvalue weighted by Crippen LogP contribution is 2.22. The molecule has 186 valence electrons. The standard InChI is InChI=1S/C20H40N6O4S2/c21-17(19(27)23-3-1-5-25-7-11-29-12-8-25)15-31-32-16-18(22)20(28)24-4-2-6-26-9-13-30-14-10-26/h17-18H,1-16,21-22H2,(H,23,27)(H,24,28). The molecule has 32 heavy (non-hydrogen) atoms. The highest BCUT2D eigenvalue weighted by molar-refractivity contribution is 8.76. The second-order valence-corrected chi connectivity index (χ2v) is 10.5. The maximum Gasteiger partial charge on any atom is 0.237 e. The summed E-state index contributed by atoms with van der Waals surface area (Å²) in [6.07, 6.45) is 1.80. The Bertz CT molecular complexity index is 490. The maximum atomic E-state index is 12.1. The molecule has 0 aromatic heterocycles. The minimum atomic E-state index is -0.568. The molecule has 2 rings (SSSR count). The molecule has 0 aliphatic carbocycles. The van der Waals surface area contributed by atoms with Gasteiger partial charge in [0, 0.05) is 50.8 Å². The number of hydrogen-bond donors (Lipinski definition) is 4. The summed E-state index contributed by atoms with van der Waals surface area (Å²) in [5.74, 6) is 0.687. The Morgan fingerprint density at radius 1 is 0.750 bits per heavy atom. The SMILES string of the molecule is NC(CSSCC(N)C(=O)NCCCN1CCOCC1)C(=O)NCCCN1CCOCC1. The highest BCUT2D eigenvalue weighted by atomic mass is 33.1. The van der Waals surface area contributed by atoms with Crippen molar-refractivity contribution in [3.05, 3.63) is 0 Å². The lowest BCUT2D eigenvalue weighted by Gasteiger charge is -2.26. The van der Waals surface area contributed by atoms with E-state index >= 15 is 0 Å². The van der Waals surface area contributed by atoms with Crippen LogP contribution in [0.3, 0.4) is 0 Å². The van der Waals surface area contributed by atoms with Gasteiger partial charge in [0.25, 0.3) is 0 Å². The summed E-state index contributed by atoms with van der Waals surface area (Å²) in [6, 6.07) is -1.14. The molecule has 2 unspecified atom stereocenters. The first kappa shape index (κ1) is 27.6. The number of hydrogen-bond acceptors (Lipinski definition) is 10. The molecule has 2 amide bonds. The Hall–Kier alpha value is -0.600. The van der Waals surface area contributed by atoms with Crippen molar-refractivity contribution in [1.29, 1.82) is 0 Å². The number of amides is 2. The molecule has 2 fully saturated rings. The quantitative estimate of drug-likeness (QED) is 0.161. The molecule has 12 heteroatoms. The molecule has 0 aromatic rings. The maximum absolute atomic E-state index is 12.1. The lowest BCUT2D eigenvalue weighted by molar-refractivity contribution is -0.122. The molecule has 0 radical (unpaired) electrons. The molecular weight excluding hydrogens is 452 g/mol. The minimum Gasteiger partial charge on any atom is -0.379 e. The Morgan fingerprint density at radius 3 is 1.50 bits per heavy atom. The van der Waals surface area contributed by atoms with Gasteiger partial charge in [-0.15, -0.1) is 0 Å². The molecule has 2 atom stereocenters. The van der Waals surface area contributed by atoms with Crippen LogP contribution in [0.1, 0.15) is 12.8 Å². The van der Waals surface area contributed by atoms with E-state index in [9.17, 15) is 9.59 Å². The second-order valence-electron chi connectivity index (χ2n) is 7.98. The minimum absolute atomic E-state index is 0.137.